The Balaban J connectivity index is 1.77. The van der Waals surface area contributed by atoms with E-state index in [4.69, 9.17) is 5.73 Å². The number of nitrogens with one attached hydrogen (secondary N) is 2. The molecule has 0 bridgehead atoms. The third kappa shape index (κ3) is 6.40. The van der Waals surface area contributed by atoms with Gasteiger partial charge in [-0.05, 0) is 75.2 Å². The lowest BCUT2D eigenvalue weighted by Crippen LogP contribution is -2.46. The van der Waals surface area contributed by atoms with Gasteiger partial charge >= 0.3 is 0 Å². The Labute approximate surface area is 232 Å². The number of amides is 1. The zero-order valence-corrected chi connectivity index (χ0v) is 23.5. The van der Waals surface area contributed by atoms with E-state index in [1.165, 1.54) is 23.5 Å². The number of thiophene rings is 1. The molecule has 1 aromatic heterocycles. The average molecular weight is 551 g/mol. The Morgan fingerprint density at radius 1 is 1.26 bits per heavy atom. The minimum absolute atomic E-state index is 0.0363. The normalized spacial score (nSPS) is 15.7. The van der Waals surface area contributed by atoms with Crippen LogP contribution in [0.15, 0.2) is 42.5 Å². The van der Waals surface area contributed by atoms with Crippen LogP contribution in [0.25, 0.3) is 21.6 Å². The van der Waals surface area contributed by atoms with Gasteiger partial charge in [0.2, 0.25) is 0 Å². The second-order valence-electron chi connectivity index (χ2n) is 10.4. The molecule has 0 unspecified atom stereocenters. The molecule has 0 saturated carbocycles. The van der Waals surface area contributed by atoms with Crippen LogP contribution in [0.5, 0.6) is 0 Å². The number of halogens is 1. The van der Waals surface area contributed by atoms with E-state index in [0.29, 0.717) is 47.0 Å². The van der Waals surface area contributed by atoms with Crippen LogP contribution in [0.2, 0.25) is 0 Å². The molecule has 1 fully saturated rings. The summed E-state index contributed by atoms with van der Waals surface area (Å²) in [5.74, 6) is -0.670. The van der Waals surface area contributed by atoms with Gasteiger partial charge in [-0.3, -0.25) is 4.79 Å². The Bertz CT molecular complexity index is 1390. The fraction of sp³-hybridized carbons (Fsp3) is 0.379. The molecule has 1 amide bonds. The number of nitrogens with two attached hydrogens (primary N) is 1. The molecular formula is C29H35FN6O2S. The standard InChI is InChI=1S/C29H35FN6O2S/c1-29(2,38)17-36(34-4)25-10-9-19(13-24(25)32)27-22(18-7-8-20(15-31)23(30)12-18)14-26(39-27)28(37)35-11-5-6-21(16-35)33-3/h7-10,12-14,21,33-34,38H,5-6,11,16-17,32H2,1-4H3/t21-/m1/s1. The summed E-state index contributed by atoms with van der Waals surface area (Å²) in [6.45, 7) is 5.07. The number of carbonyl (C=O) groups is 1. The van der Waals surface area contributed by atoms with E-state index in [2.05, 4.69) is 10.7 Å². The number of likely N-dealkylation sites (tertiary alicyclic amines) is 1. The summed E-state index contributed by atoms with van der Waals surface area (Å²) in [6.07, 6.45) is 1.95. The maximum absolute atomic E-state index is 14.6. The fourth-order valence-electron chi connectivity index (χ4n) is 4.86. The fourth-order valence-corrected chi connectivity index (χ4v) is 6.01. The Morgan fingerprint density at radius 2 is 2.00 bits per heavy atom. The molecule has 4 rings (SSSR count). The lowest BCUT2D eigenvalue weighted by Gasteiger charge is -2.32. The molecule has 1 aliphatic heterocycles. The molecule has 39 heavy (non-hydrogen) atoms. The second kappa shape index (κ2) is 11.7. The van der Waals surface area contributed by atoms with Gasteiger partial charge in [-0.1, -0.05) is 12.1 Å². The van der Waals surface area contributed by atoms with Gasteiger partial charge in [0.05, 0.1) is 34.0 Å². The van der Waals surface area contributed by atoms with Crippen molar-refractivity contribution in [2.24, 2.45) is 0 Å². The Kier molecular flexibility index (Phi) is 8.57. The van der Waals surface area contributed by atoms with Gasteiger partial charge in [-0.2, -0.15) is 5.26 Å². The van der Waals surface area contributed by atoms with Crippen molar-refractivity contribution < 1.29 is 14.3 Å². The van der Waals surface area contributed by atoms with Gasteiger partial charge in [0.25, 0.3) is 5.91 Å². The number of likely N-dealkylation sites (N-methyl/N-ethyl adjacent to an activating group) is 1. The Morgan fingerprint density at radius 3 is 2.62 bits per heavy atom. The minimum atomic E-state index is -0.954. The van der Waals surface area contributed by atoms with Crippen LogP contribution in [-0.4, -0.2) is 61.3 Å². The van der Waals surface area contributed by atoms with Crippen molar-refractivity contribution in [3.05, 3.63) is 58.7 Å². The van der Waals surface area contributed by atoms with Crippen molar-refractivity contribution in [2.75, 3.05) is 44.5 Å². The Hall–Kier alpha value is -3.49. The third-order valence-corrected chi connectivity index (χ3v) is 8.03. The van der Waals surface area contributed by atoms with Gasteiger partial charge in [0, 0.05) is 36.6 Å². The van der Waals surface area contributed by atoms with E-state index < -0.39 is 11.4 Å². The number of carbonyl (C=O) groups excluding carboxylic acids is 1. The van der Waals surface area contributed by atoms with Gasteiger partial charge in [0.1, 0.15) is 11.9 Å². The number of benzene rings is 2. The molecule has 8 nitrogen and oxygen atoms in total. The van der Waals surface area contributed by atoms with Crippen LogP contribution in [0.4, 0.5) is 15.8 Å². The quantitative estimate of drug-likeness (QED) is 0.245. The number of hydrogen-bond acceptors (Lipinski definition) is 8. The maximum Gasteiger partial charge on any atom is 0.264 e. The molecule has 10 heteroatoms. The lowest BCUT2D eigenvalue weighted by molar-refractivity contribution is 0.0703. The van der Waals surface area contributed by atoms with Crippen molar-refractivity contribution in [1.29, 1.82) is 5.26 Å². The molecule has 1 aliphatic rings. The highest BCUT2D eigenvalue weighted by Crippen LogP contribution is 2.42. The van der Waals surface area contributed by atoms with Crippen LogP contribution >= 0.6 is 11.3 Å². The number of rotatable bonds is 8. The van der Waals surface area contributed by atoms with E-state index in [1.807, 2.05) is 42.3 Å². The predicted octanol–water partition coefficient (Wildman–Crippen LogP) is 4.21. The van der Waals surface area contributed by atoms with E-state index in [9.17, 15) is 19.6 Å². The molecule has 0 spiro atoms. The topological polar surface area (TPSA) is 118 Å². The number of piperidine rings is 1. The summed E-state index contributed by atoms with van der Waals surface area (Å²) in [6, 6.07) is 14.0. The summed E-state index contributed by atoms with van der Waals surface area (Å²) < 4.78 is 14.6. The van der Waals surface area contributed by atoms with Crippen LogP contribution < -0.4 is 21.5 Å². The molecule has 0 aliphatic carbocycles. The third-order valence-electron chi connectivity index (χ3n) is 6.86. The second-order valence-corrected chi connectivity index (χ2v) is 11.5. The summed E-state index contributed by atoms with van der Waals surface area (Å²) >= 11 is 1.35. The molecule has 1 saturated heterocycles. The number of anilines is 2. The average Bonchev–Trinajstić information content (AvgIpc) is 3.36. The zero-order valence-electron chi connectivity index (χ0n) is 22.7. The van der Waals surface area contributed by atoms with E-state index in [-0.39, 0.29) is 17.5 Å². The number of nitriles is 1. The van der Waals surface area contributed by atoms with Crippen molar-refractivity contribution in [3.8, 4) is 27.6 Å². The molecule has 3 aromatic rings. The largest absolute Gasteiger partial charge is 0.397 e. The first-order valence-corrected chi connectivity index (χ1v) is 13.7. The summed E-state index contributed by atoms with van der Waals surface area (Å²) in [4.78, 5) is 16.8. The number of nitrogen functional groups attached to an aromatic ring is 1. The molecular weight excluding hydrogens is 515 g/mol. The number of aliphatic hydroxyl groups is 1. The molecule has 5 N–H and O–H groups in total. The molecule has 2 heterocycles. The number of hydrazine groups is 1. The van der Waals surface area contributed by atoms with E-state index in [1.54, 1.807) is 32.0 Å². The van der Waals surface area contributed by atoms with Gasteiger partial charge in [-0.15, -0.1) is 11.3 Å². The first-order chi connectivity index (χ1) is 18.5. The van der Waals surface area contributed by atoms with E-state index >= 15 is 0 Å². The molecule has 0 radical (unpaired) electrons. The van der Waals surface area contributed by atoms with Crippen LogP contribution in [-0.2, 0) is 0 Å². The van der Waals surface area contributed by atoms with Crippen molar-refractivity contribution in [2.45, 2.75) is 38.3 Å². The number of nitrogens with zero attached hydrogens (tertiary/aromatic N) is 3. The molecule has 1 atom stereocenters. The van der Waals surface area contributed by atoms with Crippen LogP contribution in [0, 0.1) is 17.1 Å². The smallest absolute Gasteiger partial charge is 0.264 e. The predicted molar refractivity (Wildman–Crippen MR) is 155 cm³/mol. The van der Waals surface area contributed by atoms with Gasteiger partial charge in [-0.25, -0.2) is 9.82 Å². The monoisotopic (exact) mass is 550 g/mol. The van der Waals surface area contributed by atoms with Gasteiger partial charge < -0.3 is 26.1 Å². The number of hydrogen-bond donors (Lipinski definition) is 4. The first-order valence-electron chi connectivity index (χ1n) is 12.9. The van der Waals surface area contributed by atoms with Crippen molar-refractivity contribution >= 4 is 28.6 Å². The molecule has 206 valence electrons. The zero-order chi connectivity index (χ0) is 28.3. The summed E-state index contributed by atoms with van der Waals surface area (Å²) in [7, 11) is 3.66. The maximum atomic E-state index is 14.6. The highest BCUT2D eigenvalue weighted by Gasteiger charge is 2.27. The van der Waals surface area contributed by atoms with Crippen LogP contribution in [0.1, 0.15) is 41.9 Å². The van der Waals surface area contributed by atoms with Crippen molar-refractivity contribution in [1.82, 2.24) is 15.6 Å². The SMILES string of the molecule is CN[C@@H]1CCCN(C(=O)c2cc(-c3ccc(C#N)c(F)c3)c(-c3ccc(N(CC(C)(C)O)NC)c(N)c3)s2)C1. The van der Waals surface area contributed by atoms with Gasteiger partial charge in [0.15, 0.2) is 0 Å². The molecule has 2 aromatic carbocycles. The summed E-state index contributed by atoms with van der Waals surface area (Å²) in [5, 5.41) is 24.5. The first kappa shape index (κ1) is 28.5. The lowest BCUT2D eigenvalue weighted by atomic mass is 10.00. The highest BCUT2D eigenvalue weighted by molar-refractivity contribution is 7.18. The van der Waals surface area contributed by atoms with E-state index in [0.717, 1.165) is 23.3 Å². The van der Waals surface area contributed by atoms with Crippen LogP contribution in [0.3, 0.4) is 0 Å². The van der Waals surface area contributed by atoms with Crippen molar-refractivity contribution in [3.63, 3.8) is 0 Å². The minimum Gasteiger partial charge on any atom is -0.397 e. The summed E-state index contributed by atoms with van der Waals surface area (Å²) in [5.41, 5.74) is 11.8. The highest BCUT2D eigenvalue weighted by atomic mass is 32.1.